The number of ether oxygens (including phenoxy) is 2. The first-order valence-electron chi connectivity index (χ1n) is 11.0. The highest BCUT2D eigenvalue weighted by atomic mass is 127. The van der Waals surface area contributed by atoms with Crippen molar-refractivity contribution in [3.8, 4) is 0 Å². The molecule has 1 saturated heterocycles. The van der Waals surface area contributed by atoms with Crippen molar-refractivity contribution in [1.82, 2.24) is 10.2 Å². The number of piperidine rings is 1. The average molecular weight is 509 g/mol. The number of esters is 1. The molecule has 0 aromatic rings. The summed E-state index contributed by atoms with van der Waals surface area (Å²) in [6.07, 6.45) is 12.2. The third-order valence-electron chi connectivity index (χ3n) is 5.63. The number of carbonyl (C=O) groups excluding carboxylic acids is 1. The van der Waals surface area contributed by atoms with E-state index in [2.05, 4.69) is 17.1 Å². The maximum absolute atomic E-state index is 11.7. The summed E-state index contributed by atoms with van der Waals surface area (Å²) in [7, 11) is 1.47. The van der Waals surface area contributed by atoms with Crippen LogP contribution in [0.4, 0.5) is 0 Å². The number of likely N-dealkylation sites (tertiary alicyclic amines) is 1. The Kier molecular flexibility index (Phi) is 13.9. The third-order valence-corrected chi connectivity index (χ3v) is 5.63. The fourth-order valence-electron chi connectivity index (χ4n) is 3.98. The predicted molar refractivity (Wildman–Crippen MR) is 124 cm³/mol. The molecule has 164 valence electrons. The molecular weight excluding hydrogens is 469 g/mol. The topological polar surface area (TPSA) is 63.2 Å². The van der Waals surface area contributed by atoms with E-state index in [0.717, 1.165) is 64.4 Å². The molecule has 6 nitrogen and oxygen atoms in total. The molecule has 1 aliphatic carbocycles. The fraction of sp³-hybridized carbons (Fsp3) is 0.905. The summed E-state index contributed by atoms with van der Waals surface area (Å²) in [5.41, 5.74) is 0. The van der Waals surface area contributed by atoms with E-state index in [-0.39, 0.29) is 35.9 Å². The molecule has 2 aliphatic rings. The summed E-state index contributed by atoms with van der Waals surface area (Å²) in [6.45, 7) is 6.36. The van der Waals surface area contributed by atoms with Crippen LogP contribution in [-0.2, 0) is 14.3 Å². The highest BCUT2D eigenvalue weighted by molar-refractivity contribution is 14.0. The van der Waals surface area contributed by atoms with Crippen molar-refractivity contribution in [3.63, 3.8) is 0 Å². The van der Waals surface area contributed by atoms with Gasteiger partial charge in [0.05, 0.1) is 19.1 Å². The minimum absolute atomic E-state index is 0. The monoisotopic (exact) mass is 509 g/mol. The molecule has 1 heterocycles. The number of guanidine groups is 1. The second-order valence-corrected chi connectivity index (χ2v) is 7.71. The number of hydrogen-bond donors (Lipinski definition) is 1. The summed E-state index contributed by atoms with van der Waals surface area (Å²) in [6, 6.07) is 0. The summed E-state index contributed by atoms with van der Waals surface area (Å²) in [5, 5.41) is 3.39. The van der Waals surface area contributed by atoms with Crippen molar-refractivity contribution in [2.45, 2.75) is 77.2 Å². The lowest BCUT2D eigenvalue weighted by Gasteiger charge is -2.33. The Hall–Kier alpha value is -0.570. The Morgan fingerprint density at radius 3 is 2.36 bits per heavy atom. The molecule has 1 saturated carbocycles. The number of aliphatic imine (C=N–C) groups is 1. The number of methoxy groups -OCH3 is 1. The zero-order chi connectivity index (χ0) is 19.3. The molecule has 0 amide bonds. The zero-order valence-corrected chi connectivity index (χ0v) is 20.1. The van der Waals surface area contributed by atoms with Crippen LogP contribution in [0.3, 0.4) is 0 Å². The van der Waals surface area contributed by atoms with Gasteiger partial charge in [0.15, 0.2) is 5.96 Å². The average Bonchev–Trinajstić information content (AvgIpc) is 2.98. The Morgan fingerprint density at radius 1 is 1.07 bits per heavy atom. The van der Waals surface area contributed by atoms with Crippen LogP contribution in [0.1, 0.15) is 71.1 Å². The van der Waals surface area contributed by atoms with Gasteiger partial charge in [0.1, 0.15) is 0 Å². The molecule has 2 rings (SSSR count). The number of nitrogens with one attached hydrogen (secondary N) is 1. The number of nitrogens with zero attached hydrogens (tertiary/aromatic N) is 2. The zero-order valence-electron chi connectivity index (χ0n) is 17.8. The molecule has 1 N–H and O–H groups in total. The quantitative estimate of drug-likeness (QED) is 0.134. The Labute approximate surface area is 188 Å². The van der Waals surface area contributed by atoms with Crippen LogP contribution in [-0.4, -0.2) is 62.8 Å². The number of halogens is 1. The summed E-state index contributed by atoms with van der Waals surface area (Å²) >= 11 is 0. The molecule has 28 heavy (non-hydrogen) atoms. The Bertz CT molecular complexity index is 446. The van der Waals surface area contributed by atoms with Crippen molar-refractivity contribution >= 4 is 35.9 Å². The maximum Gasteiger partial charge on any atom is 0.308 e. The van der Waals surface area contributed by atoms with Gasteiger partial charge in [-0.2, -0.15) is 0 Å². The van der Waals surface area contributed by atoms with Gasteiger partial charge in [0.2, 0.25) is 0 Å². The molecule has 0 spiro atoms. The van der Waals surface area contributed by atoms with Gasteiger partial charge in [-0.1, -0.05) is 25.7 Å². The van der Waals surface area contributed by atoms with E-state index >= 15 is 0 Å². The predicted octanol–water partition coefficient (Wildman–Crippen LogP) is 3.97. The van der Waals surface area contributed by atoms with E-state index in [1.165, 1.54) is 45.6 Å². The molecule has 0 aromatic heterocycles. The van der Waals surface area contributed by atoms with E-state index in [1.807, 2.05) is 0 Å². The van der Waals surface area contributed by atoms with Crippen LogP contribution in [0.25, 0.3) is 0 Å². The molecule has 0 bridgehead atoms. The van der Waals surface area contributed by atoms with Gasteiger partial charge < -0.3 is 19.7 Å². The molecule has 0 aromatic carbocycles. The van der Waals surface area contributed by atoms with Crippen LogP contribution in [0, 0.1) is 5.92 Å². The number of carbonyl (C=O) groups is 1. The summed E-state index contributed by atoms with van der Waals surface area (Å²) in [4.78, 5) is 18.7. The minimum atomic E-state index is -0.0785. The van der Waals surface area contributed by atoms with Gasteiger partial charge in [0, 0.05) is 32.8 Å². The van der Waals surface area contributed by atoms with E-state index < -0.39 is 0 Å². The highest BCUT2D eigenvalue weighted by Crippen LogP contribution is 2.20. The van der Waals surface area contributed by atoms with Crippen LogP contribution >= 0.6 is 24.0 Å². The second-order valence-electron chi connectivity index (χ2n) is 7.71. The number of unbranched alkanes of at least 4 members (excludes halogenated alkanes) is 1. The highest BCUT2D eigenvalue weighted by Gasteiger charge is 2.26. The largest absolute Gasteiger partial charge is 0.469 e. The maximum atomic E-state index is 11.7. The van der Waals surface area contributed by atoms with Crippen LogP contribution < -0.4 is 5.32 Å². The summed E-state index contributed by atoms with van der Waals surface area (Å²) < 4.78 is 10.9. The van der Waals surface area contributed by atoms with Gasteiger partial charge >= 0.3 is 5.97 Å². The van der Waals surface area contributed by atoms with Crippen molar-refractivity contribution < 1.29 is 14.3 Å². The van der Waals surface area contributed by atoms with Crippen molar-refractivity contribution in [2.75, 3.05) is 39.9 Å². The molecular formula is C21H40IN3O3. The fourth-order valence-corrected chi connectivity index (χ4v) is 3.98. The first kappa shape index (κ1) is 25.5. The smallest absolute Gasteiger partial charge is 0.308 e. The minimum Gasteiger partial charge on any atom is -0.469 e. The molecule has 0 radical (unpaired) electrons. The van der Waals surface area contributed by atoms with Crippen molar-refractivity contribution in [3.05, 3.63) is 0 Å². The van der Waals surface area contributed by atoms with E-state index in [4.69, 9.17) is 14.5 Å². The summed E-state index contributed by atoms with van der Waals surface area (Å²) in [5.74, 6) is 0.936. The van der Waals surface area contributed by atoms with Gasteiger partial charge in [-0.15, -0.1) is 24.0 Å². The van der Waals surface area contributed by atoms with Gasteiger partial charge in [0.25, 0.3) is 0 Å². The van der Waals surface area contributed by atoms with Gasteiger partial charge in [-0.3, -0.25) is 9.79 Å². The molecule has 7 heteroatoms. The number of rotatable bonds is 8. The lowest BCUT2D eigenvalue weighted by Crippen LogP contribution is -2.46. The molecule has 1 aliphatic heterocycles. The van der Waals surface area contributed by atoms with Crippen LogP contribution in [0.2, 0.25) is 0 Å². The van der Waals surface area contributed by atoms with Gasteiger partial charge in [-0.05, 0) is 45.4 Å². The van der Waals surface area contributed by atoms with E-state index in [1.54, 1.807) is 0 Å². The first-order valence-corrected chi connectivity index (χ1v) is 11.0. The van der Waals surface area contributed by atoms with Crippen molar-refractivity contribution in [1.29, 1.82) is 0 Å². The van der Waals surface area contributed by atoms with Crippen molar-refractivity contribution in [2.24, 2.45) is 10.9 Å². The van der Waals surface area contributed by atoms with Crippen LogP contribution in [0.15, 0.2) is 4.99 Å². The molecule has 0 atom stereocenters. The Morgan fingerprint density at radius 2 is 1.75 bits per heavy atom. The first-order chi connectivity index (χ1) is 13.2. The normalized spacial score (nSPS) is 19.6. The van der Waals surface area contributed by atoms with E-state index in [9.17, 15) is 4.79 Å². The Balaban J connectivity index is 0.00000392. The lowest BCUT2D eigenvalue weighted by molar-refractivity contribution is -0.146. The van der Waals surface area contributed by atoms with E-state index in [0.29, 0.717) is 6.10 Å². The SMILES string of the molecule is CCNC(=NCCCCOC1CCCCCC1)N1CCC(C(=O)OC)CC1.I. The second kappa shape index (κ2) is 15.3. The van der Waals surface area contributed by atoms with Crippen LogP contribution in [0.5, 0.6) is 0 Å². The molecule has 2 fully saturated rings. The van der Waals surface area contributed by atoms with Gasteiger partial charge in [-0.25, -0.2) is 0 Å². The number of hydrogen-bond acceptors (Lipinski definition) is 4. The molecule has 0 unspecified atom stereocenters. The third kappa shape index (κ3) is 9.29. The lowest BCUT2D eigenvalue weighted by atomic mass is 9.97. The standard InChI is InChI=1S/C21H39N3O3.HI/c1-3-22-21(24-15-12-18(13-16-24)20(25)26-2)23-14-8-9-17-27-19-10-6-4-5-7-11-19;/h18-19H,3-17H2,1-2H3,(H,22,23);1H.